The Hall–Kier alpha value is -3.52. The van der Waals surface area contributed by atoms with E-state index in [2.05, 4.69) is 49.4 Å². The minimum atomic E-state index is 0.235. The van der Waals surface area contributed by atoms with Gasteiger partial charge in [0.2, 0.25) is 0 Å². The molecule has 5 rings (SSSR count). The van der Waals surface area contributed by atoms with E-state index in [1.165, 1.54) is 27.8 Å². The highest BCUT2D eigenvalue weighted by molar-refractivity contribution is 5.78. The van der Waals surface area contributed by atoms with E-state index in [1.54, 1.807) is 12.1 Å². The Balaban J connectivity index is 1.84. The standard InChI is InChI=1S/C28H24O2/c1-17-6-8-24-21-5-3-4-19(13-21)12-20-7-9-27(29)26(14-20)25-16-28(30)18(2)11-23(25)15-22(24)10-17/h3-11,13-14,16,29-30H,12,15H2,1-2H3. The fraction of sp³-hybridized carbons (Fsp3) is 0.143. The van der Waals surface area contributed by atoms with Crippen LogP contribution < -0.4 is 0 Å². The van der Waals surface area contributed by atoms with Crippen LogP contribution in [0.4, 0.5) is 0 Å². The van der Waals surface area contributed by atoms with E-state index in [1.807, 2.05) is 25.1 Å². The van der Waals surface area contributed by atoms with Crippen LogP contribution in [0.3, 0.4) is 0 Å². The first-order valence-electron chi connectivity index (χ1n) is 10.3. The third-order valence-corrected chi connectivity index (χ3v) is 6.06. The maximum absolute atomic E-state index is 10.7. The van der Waals surface area contributed by atoms with Crippen LogP contribution in [-0.2, 0) is 12.8 Å². The molecule has 0 radical (unpaired) electrons. The number of aryl methyl sites for hydroxylation is 2. The Morgan fingerprint density at radius 2 is 1.40 bits per heavy atom. The lowest BCUT2D eigenvalue weighted by Crippen LogP contribution is -2.00. The number of phenolic OH excluding ortho intramolecular Hbond substituents is 2. The van der Waals surface area contributed by atoms with Gasteiger partial charge in [0.25, 0.3) is 0 Å². The molecule has 4 bridgehead atoms. The molecule has 0 unspecified atom stereocenters. The van der Waals surface area contributed by atoms with E-state index in [9.17, 15) is 10.2 Å². The summed E-state index contributed by atoms with van der Waals surface area (Å²) < 4.78 is 0. The Kier molecular flexibility index (Phi) is 4.36. The summed E-state index contributed by atoms with van der Waals surface area (Å²) in [6.45, 7) is 4.04. The summed E-state index contributed by atoms with van der Waals surface area (Å²) in [4.78, 5) is 0. The van der Waals surface area contributed by atoms with Gasteiger partial charge in [-0.2, -0.15) is 0 Å². The van der Waals surface area contributed by atoms with Crippen molar-refractivity contribution in [3.05, 3.63) is 106 Å². The third kappa shape index (κ3) is 3.25. The summed E-state index contributed by atoms with van der Waals surface area (Å²) in [5.74, 6) is 0.485. The molecule has 4 aromatic rings. The number of hydrogen-bond donors (Lipinski definition) is 2. The highest BCUT2D eigenvalue weighted by Crippen LogP contribution is 2.39. The molecule has 1 aliphatic rings. The van der Waals surface area contributed by atoms with Crippen LogP contribution in [0.5, 0.6) is 11.5 Å². The second kappa shape index (κ2) is 7.07. The predicted octanol–water partition coefficient (Wildman–Crippen LogP) is 6.54. The summed E-state index contributed by atoms with van der Waals surface area (Å²) in [7, 11) is 0. The fourth-order valence-corrected chi connectivity index (χ4v) is 4.50. The first-order chi connectivity index (χ1) is 14.5. The first-order valence-corrected chi connectivity index (χ1v) is 10.3. The number of aromatic hydroxyl groups is 2. The maximum Gasteiger partial charge on any atom is 0.123 e. The zero-order valence-corrected chi connectivity index (χ0v) is 17.2. The van der Waals surface area contributed by atoms with Crippen LogP contribution in [0.15, 0.2) is 72.8 Å². The van der Waals surface area contributed by atoms with E-state index in [-0.39, 0.29) is 11.5 Å². The van der Waals surface area contributed by atoms with Gasteiger partial charge in [0.15, 0.2) is 0 Å². The van der Waals surface area contributed by atoms with Gasteiger partial charge in [-0.3, -0.25) is 0 Å². The number of phenols is 2. The molecule has 4 aromatic carbocycles. The average molecular weight is 392 g/mol. The molecule has 1 aliphatic carbocycles. The Morgan fingerprint density at radius 3 is 2.27 bits per heavy atom. The van der Waals surface area contributed by atoms with Crippen molar-refractivity contribution >= 4 is 0 Å². The summed E-state index contributed by atoms with van der Waals surface area (Å²) in [5.41, 5.74) is 10.9. The van der Waals surface area contributed by atoms with Crippen molar-refractivity contribution < 1.29 is 10.2 Å². The van der Waals surface area contributed by atoms with Gasteiger partial charge in [-0.1, -0.05) is 60.2 Å². The van der Waals surface area contributed by atoms with Crippen molar-refractivity contribution in [2.75, 3.05) is 0 Å². The Morgan fingerprint density at radius 1 is 0.600 bits per heavy atom. The molecule has 0 atom stereocenters. The van der Waals surface area contributed by atoms with E-state index in [4.69, 9.17) is 0 Å². The van der Waals surface area contributed by atoms with Crippen molar-refractivity contribution in [3.63, 3.8) is 0 Å². The average Bonchev–Trinajstić information content (AvgIpc) is 2.72. The minimum absolute atomic E-state index is 0.235. The SMILES string of the molecule is Cc1ccc2c(c1)Cc1cc(C)c(O)cc1-c1cc(ccc1O)Cc1cccc-2c1. The lowest BCUT2D eigenvalue weighted by Gasteiger charge is -2.19. The number of rotatable bonds is 0. The maximum atomic E-state index is 10.7. The highest BCUT2D eigenvalue weighted by Gasteiger charge is 2.17. The van der Waals surface area contributed by atoms with Crippen LogP contribution in [0.25, 0.3) is 22.3 Å². The van der Waals surface area contributed by atoms with Crippen LogP contribution in [0, 0.1) is 13.8 Å². The van der Waals surface area contributed by atoms with Gasteiger partial charge >= 0.3 is 0 Å². The lowest BCUT2D eigenvalue weighted by molar-refractivity contribution is 0.470. The molecule has 0 saturated carbocycles. The molecule has 0 aliphatic heterocycles. The van der Waals surface area contributed by atoms with Gasteiger partial charge in [0.1, 0.15) is 11.5 Å². The molecule has 0 fully saturated rings. The van der Waals surface area contributed by atoms with Crippen LogP contribution in [-0.4, -0.2) is 10.2 Å². The molecular weight excluding hydrogens is 368 g/mol. The fourth-order valence-electron chi connectivity index (χ4n) is 4.50. The molecule has 2 heteroatoms. The van der Waals surface area contributed by atoms with Gasteiger partial charge in [0.05, 0.1) is 0 Å². The Bertz CT molecular complexity index is 1280. The minimum Gasteiger partial charge on any atom is -0.508 e. The second-order valence-corrected chi connectivity index (χ2v) is 8.36. The van der Waals surface area contributed by atoms with Crippen molar-refractivity contribution in [2.24, 2.45) is 0 Å². The zero-order chi connectivity index (χ0) is 20.8. The Labute approximate surface area is 177 Å². The first kappa shape index (κ1) is 18.5. The topological polar surface area (TPSA) is 40.5 Å². The number of benzene rings is 4. The van der Waals surface area contributed by atoms with Gasteiger partial charge in [0, 0.05) is 5.56 Å². The molecule has 0 aromatic heterocycles. The molecule has 0 saturated heterocycles. The van der Waals surface area contributed by atoms with Crippen molar-refractivity contribution in [3.8, 4) is 33.8 Å². The summed E-state index contributed by atoms with van der Waals surface area (Å²) >= 11 is 0. The molecule has 148 valence electrons. The molecule has 0 amide bonds. The molecule has 2 nitrogen and oxygen atoms in total. The van der Waals surface area contributed by atoms with Crippen LogP contribution in [0.1, 0.15) is 33.4 Å². The van der Waals surface area contributed by atoms with Crippen molar-refractivity contribution in [1.29, 1.82) is 0 Å². The molecule has 0 spiro atoms. The third-order valence-electron chi connectivity index (χ3n) is 6.06. The monoisotopic (exact) mass is 392 g/mol. The molecule has 2 N–H and O–H groups in total. The summed E-state index contributed by atoms with van der Waals surface area (Å²) in [6, 6.07) is 25.0. The molecule has 0 heterocycles. The van der Waals surface area contributed by atoms with Crippen molar-refractivity contribution in [1.82, 2.24) is 0 Å². The normalized spacial score (nSPS) is 12.3. The number of fused-ring (bicyclic) bond motifs is 8. The lowest BCUT2D eigenvalue weighted by atomic mass is 9.86. The quantitative estimate of drug-likeness (QED) is 0.314. The van der Waals surface area contributed by atoms with E-state index in [0.29, 0.717) is 0 Å². The molecular formula is C28H24O2. The van der Waals surface area contributed by atoms with E-state index in [0.717, 1.165) is 40.7 Å². The van der Waals surface area contributed by atoms with Crippen LogP contribution >= 0.6 is 0 Å². The number of hydrogen-bond acceptors (Lipinski definition) is 2. The zero-order valence-electron chi connectivity index (χ0n) is 17.2. The van der Waals surface area contributed by atoms with Gasteiger partial charge in [-0.25, -0.2) is 0 Å². The second-order valence-electron chi connectivity index (χ2n) is 8.36. The van der Waals surface area contributed by atoms with Crippen LogP contribution in [0.2, 0.25) is 0 Å². The van der Waals surface area contributed by atoms with Gasteiger partial charge < -0.3 is 10.2 Å². The highest BCUT2D eigenvalue weighted by atomic mass is 16.3. The van der Waals surface area contributed by atoms with E-state index < -0.39 is 0 Å². The van der Waals surface area contributed by atoms with E-state index >= 15 is 0 Å². The van der Waals surface area contributed by atoms with Gasteiger partial charge in [-0.05, 0) is 89.4 Å². The summed E-state index contributed by atoms with van der Waals surface area (Å²) in [5, 5.41) is 21.1. The molecule has 30 heavy (non-hydrogen) atoms. The largest absolute Gasteiger partial charge is 0.508 e. The van der Waals surface area contributed by atoms with Crippen molar-refractivity contribution in [2.45, 2.75) is 26.7 Å². The smallest absolute Gasteiger partial charge is 0.123 e. The summed E-state index contributed by atoms with van der Waals surface area (Å²) in [6.07, 6.45) is 1.51. The predicted molar refractivity (Wildman–Crippen MR) is 122 cm³/mol. The van der Waals surface area contributed by atoms with Gasteiger partial charge in [-0.15, -0.1) is 0 Å².